The molecule has 2 saturated heterocycles. The van der Waals surface area contributed by atoms with Crippen LogP contribution in [0.25, 0.3) is 0 Å². The second-order valence-corrected chi connectivity index (χ2v) is 6.90. The summed E-state index contributed by atoms with van der Waals surface area (Å²) in [6, 6.07) is 0.714. The minimum absolute atomic E-state index is 0.0659. The van der Waals surface area contributed by atoms with Crippen LogP contribution in [0, 0.1) is 0 Å². The molecule has 6 heteroatoms. The third-order valence-electron chi connectivity index (χ3n) is 4.08. The van der Waals surface area contributed by atoms with Gasteiger partial charge in [0.15, 0.2) is 5.82 Å². The van der Waals surface area contributed by atoms with Gasteiger partial charge in [0.1, 0.15) is 0 Å². The lowest BCUT2D eigenvalue weighted by molar-refractivity contribution is 0.0204. The maximum Gasteiger partial charge on any atom is 0.232 e. The highest BCUT2D eigenvalue weighted by molar-refractivity contribution is 4.99. The van der Waals surface area contributed by atoms with Gasteiger partial charge in [-0.15, -0.1) is 0 Å². The number of nitrogens with zero attached hydrogens (tertiary/aromatic N) is 4. The number of likely N-dealkylation sites (tertiary alicyclic amines) is 1. The van der Waals surface area contributed by atoms with E-state index >= 15 is 0 Å². The zero-order valence-electron chi connectivity index (χ0n) is 12.7. The number of rotatable bonds is 3. The first kappa shape index (κ1) is 14.0. The molecule has 2 aliphatic heterocycles. The fraction of sp³-hybridized carbons (Fsp3) is 0.857. The highest BCUT2D eigenvalue weighted by Gasteiger charge is 2.33. The SMILES string of the molecule is CC(C)(C)c1nc(CN2CC(N3CCNCC3)C2)no1. The maximum atomic E-state index is 5.34. The van der Waals surface area contributed by atoms with E-state index in [2.05, 4.69) is 46.0 Å². The molecule has 20 heavy (non-hydrogen) atoms. The quantitative estimate of drug-likeness (QED) is 0.867. The molecule has 0 aromatic carbocycles. The van der Waals surface area contributed by atoms with E-state index in [1.165, 1.54) is 13.1 Å². The van der Waals surface area contributed by atoms with Crippen molar-refractivity contribution < 1.29 is 4.52 Å². The molecule has 0 aliphatic carbocycles. The van der Waals surface area contributed by atoms with Crippen molar-refractivity contribution >= 4 is 0 Å². The molecule has 0 saturated carbocycles. The first-order chi connectivity index (χ1) is 9.52. The van der Waals surface area contributed by atoms with E-state index in [4.69, 9.17) is 4.52 Å². The molecule has 0 spiro atoms. The minimum atomic E-state index is -0.0659. The first-order valence-corrected chi connectivity index (χ1v) is 7.52. The Morgan fingerprint density at radius 1 is 1.25 bits per heavy atom. The Morgan fingerprint density at radius 2 is 1.95 bits per heavy atom. The van der Waals surface area contributed by atoms with Crippen LogP contribution in [0.5, 0.6) is 0 Å². The number of nitrogens with one attached hydrogen (secondary N) is 1. The summed E-state index contributed by atoms with van der Waals surface area (Å²) in [6.45, 7) is 13.9. The average molecular weight is 279 g/mol. The third kappa shape index (κ3) is 3.02. The van der Waals surface area contributed by atoms with E-state index in [1.807, 2.05) is 0 Å². The van der Waals surface area contributed by atoms with E-state index < -0.39 is 0 Å². The Labute approximate surface area is 120 Å². The van der Waals surface area contributed by atoms with Crippen molar-refractivity contribution in [1.29, 1.82) is 0 Å². The topological polar surface area (TPSA) is 57.4 Å². The number of hydrogen-bond acceptors (Lipinski definition) is 6. The highest BCUT2D eigenvalue weighted by Crippen LogP contribution is 2.21. The zero-order chi connectivity index (χ0) is 14.2. The lowest BCUT2D eigenvalue weighted by atomic mass is 9.97. The van der Waals surface area contributed by atoms with E-state index in [-0.39, 0.29) is 5.41 Å². The van der Waals surface area contributed by atoms with E-state index in [1.54, 1.807) is 0 Å². The minimum Gasteiger partial charge on any atom is -0.339 e. The Bertz CT molecular complexity index is 441. The van der Waals surface area contributed by atoms with Gasteiger partial charge < -0.3 is 9.84 Å². The van der Waals surface area contributed by atoms with Gasteiger partial charge in [0.25, 0.3) is 0 Å². The molecule has 1 N–H and O–H groups in total. The summed E-state index contributed by atoms with van der Waals surface area (Å²) in [4.78, 5) is 9.48. The molecule has 1 aromatic rings. The molecule has 0 amide bonds. The van der Waals surface area contributed by atoms with Crippen LogP contribution in [0.4, 0.5) is 0 Å². The van der Waals surface area contributed by atoms with E-state index in [9.17, 15) is 0 Å². The van der Waals surface area contributed by atoms with Crippen LogP contribution in [-0.2, 0) is 12.0 Å². The normalized spacial score (nSPS) is 22.9. The second kappa shape index (κ2) is 5.42. The first-order valence-electron chi connectivity index (χ1n) is 7.52. The van der Waals surface area contributed by atoms with Crippen LogP contribution in [0.1, 0.15) is 32.5 Å². The highest BCUT2D eigenvalue weighted by atomic mass is 16.5. The summed E-state index contributed by atoms with van der Waals surface area (Å²) in [5, 5.41) is 7.49. The Balaban J connectivity index is 1.47. The van der Waals surface area contributed by atoms with Crippen LogP contribution in [0.2, 0.25) is 0 Å². The van der Waals surface area contributed by atoms with Gasteiger partial charge in [0.2, 0.25) is 5.89 Å². The van der Waals surface area contributed by atoms with Crippen molar-refractivity contribution in [2.24, 2.45) is 0 Å². The lowest BCUT2D eigenvalue weighted by Gasteiger charge is -2.46. The third-order valence-corrected chi connectivity index (χ3v) is 4.08. The van der Waals surface area contributed by atoms with Crippen molar-refractivity contribution in [3.05, 3.63) is 11.7 Å². The summed E-state index contributed by atoms with van der Waals surface area (Å²) in [5.74, 6) is 1.54. The number of hydrogen-bond donors (Lipinski definition) is 1. The van der Waals surface area contributed by atoms with Crippen molar-refractivity contribution in [2.45, 2.75) is 38.8 Å². The molecular formula is C14H25N5O. The number of piperazine rings is 1. The summed E-state index contributed by atoms with van der Waals surface area (Å²) in [6.07, 6.45) is 0. The summed E-state index contributed by atoms with van der Waals surface area (Å²) >= 11 is 0. The van der Waals surface area contributed by atoms with E-state index in [0.717, 1.165) is 44.4 Å². The maximum absolute atomic E-state index is 5.34. The van der Waals surface area contributed by atoms with Crippen molar-refractivity contribution in [1.82, 2.24) is 25.3 Å². The average Bonchev–Trinajstić information content (AvgIpc) is 2.83. The van der Waals surface area contributed by atoms with Crippen LogP contribution in [-0.4, -0.2) is 65.3 Å². The molecule has 0 bridgehead atoms. The van der Waals surface area contributed by atoms with E-state index in [0.29, 0.717) is 6.04 Å². The molecule has 0 atom stereocenters. The standard InChI is InChI=1S/C14H25N5O/c1-14(2,3)13-16-12(17-20-13)10-18-8-11(9-18)19-6-4-15-5-7-19/h11,15H,4-10H2,1-3H3. The predicted molar refractivity (Wildman–Crippen MR) is 76.5 cm³/mol. The summed E-state index contributed by atoms with van der Waals surface area (Å²) in [5.41, 5.74) is -0.0659. The van der Waals surface area contributed by atoms with Gasteiger partial charge in [-0.3, -0.25) is 9.80 Å². The molecule has 3 heterocycles. The zero-order valence-corrected chi connectivity index (χ0v) is 12.7. The number of aromatic nitrogens is 2. The van der Waals surface area contributed by atoms with Gasteiger partial charge in [0.05, 0.1) is 6.54 Å². The van der Waals surface area contributed by atoms with Crippen LogP contribution in [0.15, 0.2) is 4.52 Å². The van der Waals surface area contributed by atoms with Crippen molar-refractivity contribution in [2.75, 3.05) is 39.3 Å². The second-order valence-electron chi connectivity index (χ2n) is 6.90. The molecule has 6 nitrogen and oxygen atoms in total. The Morgan fingerprint density at radius 3 is 2.55 bits per heavy atom. The van der Waals surface area contributed by atoms with Crippen LogP contribution < -0.4 is 5.32 Å². The smallest absolute Gasteiger partial charge is 0.232 e. The molecule has 0 radical (unpaired) electrons. The van der Waals surface area contributed by atoms with Gasteiger partial charge in [0, 0.05) is 50.7 Å². The Kier molecular flexibility index (Phi) is 3.79. The van der Waals surface area contributed by atoms with Gasteiger partial charge >= 0.3 is 0 Å². The van der Waals surface area contributed by atoms with Gasteiger partial charge in [-0.1, -0.05) is 25.9 Å². The fourth-order valence-corrected chi connectivity index (χ4v) is 2.77. The van der Waals surface area contributed by atoms with Gasteiger partial charge in [-0.25, -0.2) is 0 Å². The lowest BCUT2D eigenvalue weighted by Crippen LogP contribution is -2.62. The summed E-state index contributed by atoms with van der Waals surface area (Å²) in [7, 11) is 0. The molecule has 112 valence electrons. The Hall–Kier alpha value is -0.980. The largest absolute Gasteiger partial charge is 0.339 e. The molecule has 3 rings (SSSR count). The fourth-order valence-electron chi connectivity index (χ4n) is 2.77. The van der Waals surface area contributed by atoms with Crippen LogP contribution in [0.3, 0.4) is 0 Å². The summed E-state index contributed by atoms with van der Waals surface area (Å²) < 4.78 is 5.34. The van der Waals surface area contributed by atoms with Gasteiger partial charge in [-0.2, -0.15) is 4.98 Å². The molecule has 1 aromatic heterocycles. The molecular weight excluding hydrogens is 254 g/mol. The molecule has 0 unspecified atom stereocenters. The van der Waals surface area contributed by atoms with Gasteiger partial charge in [-0.05, 0) is 0 Å². The molecule has 2 aliphatic rings. The monoisotopic (exact) mass is 279 g/mol. The van der Waals surface area contributed by atoms with Crippen molar-refractivity contribution in [3.8, 4) is 0 Å². The predicted octanol–water partition coefficient (Wildman–Crippen LogP) is 0.457. The van der Waals surface area contributed by atoms with Crippen LogP contribution >= 0.6 is 0 Å². The molecule has 2 fully saturated rings. The van der Waals surface area contributed by atoms with Crippen molar-refractivity contribution in [3.63, 3.8) is 0 Å².